The van der Waals surface area contributed by atoms with Gasteiger partial charge in [0, 0.05) is 37.6 Å². The number of hydrogen-bond donors (Lipinski definition) is 1. The fourth-order valence-corrected chi connectivity index (χ4v) is 4.07. The lowest BCUT2D eigenvalue weighted by Crippen LogP contribution is -2.46. The van der Waals surface area contributed by atoms with Crippen LogP contribution in [0.25, 0.3) is 11.0 Å². The van der Waals surface area contributed by atoms with Crippen LogP contribution in [0.2, 0.25) is 0 Å². The van der Waals surface area contributed by atoms with Crippen LogP contribution in [0.3, 0.4) is 0 Å². The topological polar surface area (TPSA) is 88.4 Å². The van der Waals surface area contributed by atoms with Crippen molar-refractivity contribution in [2.45, 2.75) is 6.54 Å². The summed E-state index contributed by atoms with van der Waals surface area (Å²) in [5, 5.41) is 8.15. The summed E-state index contributed by atoms with van der Waals surface area (Å²) in [6, 6.07) is 17.6. The average Bonchev–Trinajstić information content (AvgIpc) is 3.28. The first-order valence-electron chi connectivity index (χ1n) is 10.9. The molecule has 0 aliphatic carbocycles. The summed E-state index contributed by atoms with van der Waals surface area (Å²) in [4.78, 5) is 26.1. The summed E-state index contributed by atoms with van der Waals surface area (Å²) >= 11 is 0. The Morgan fingerprint density at radius 1 is 0.970 bits per heavy atom. The van der Waals surface area contributed by atoms with Crippen molar-refractivity contribution < 1.29 is 9.53 Å². The van der Waals surface area contributed by atoms with Gasteiger partial charge in [0.2, 0.25) is 5.91 Å². The third-order valence-electron chi connectivity index (χ3n) is 5.78. The molecule has 168 valence electrons. The Morgan fingerprint density at radius 3 is 2.42 bits per heavy atom. The standard InChI is InChI=1S/C24H25N7O2/c1-33-20-9-7-18(8-10-20)28-22(32)16-31-24-21(15-27-31)23(25-17-26-24)30-13-11-29(12-14-30)19-5-3-2-4-6-19/h2-10,15,17H,11-14,16H2,1H3,(H,28,32). The Hall–Kier alpha value is -4.14. The first kappa shape index (κ1) is 20.7. The van der Waals surface area contributed by atoms with Crippen molar-refractivity contribution in [1.82, 2.24) is 19.7 Å². The largest absolute Gasteiger partial charge is 0.497 e. The van der Waals surface area contributed by atoms with Crippen molar-refractivity contribution in [1.29, 1.82) is 0 Å². The quantitative estimate of drug-likeness (QED) is 0.490. The molecule has 0 atom stereocenters. The van der Waals surface area contributed by atoms with Crippen LogP contribution in [0.15, 0.2) is 67.1 Å². The molecule has 1 aliphatic rings. The predicted molar refractivity (Wildman–Crippen MR) is 128 cm³/mol. The van der Waals surface area contributed by atoms with E-state index in [1.54, 1.807) is 48.6 Å². The summed E-state index contributed by atoms with van der Waals surface area (Å²) in [7, 11) is 1.61. The molecule has 0 bridgehead atoms. The van der Waals surface area contributed by atoms with Crippen molar-refractivity contribution in [3.63, 3.8) is 0 Å². The summed E-state index contributed by atoms with van der Waals surface area (Å²) in [6.45, 7) is 3.59. The second-order valence-corrected chi connectivity index (χ2v) is 7.82. The normalized spacial score (nSPS) is 13.8. The molecule has 1 fully saturated rings. The minimum atomic E-state index is -0.179. The first-order chi connectivity index (χ1) is 16.2. The second-order valence-electron chi connectivity index (χ2n) is 7.82. The molecular weight excluding hydrogens is 418 g/mol. The van der Waals surface area contributed by atoms with Gasteiger partial charge < -0.3 is 19.9 Å². The molecule has 4 aromatic rings. The van der Waals surface area contributed by atoms with Crippen LogP contribution in [0.5, 0.6) is 5.75 Å². The summed E-state index contributed by atoms with van der Waals surface area (Å²) < 4.78 is 6.76. The summed E-state index contributed by atoms with van der Waals surface area (Å²) in [6.07, 6.45) is 3.29. The number of benzene rings is 2. The lowest BCUT2D eigenvalue weighted by atomic mass is 10.2. The van der Waals surface area contributed by atoms with E-state index in [1.165, 1.54) is 5.69 Å². The molecular formula is C24H25N7O2. The fourth-order valence-electron chi connectivity index (χ4n) is 4.07. The molecule has 0 unspecified atom stereocenters. The zero-order valence-corrected chi connectivity index (χ0v) is 18.4. The van der Waals surface area contributed by atoms with Crippen molar-refractivity contribution in [2.24, 2.45) is 0 Å². The second kappa shape index (κ2) is 9.15. The van der Waals surface area contributed by atoms with Crippen LogP contribution in [-0.4, -0.2) is 58.9 Å². The van der Waals surface area contributed by atoms with Gasteiger partial charge in [0.25, 0.3) is 0 Å². The number of methoxy groups -OCH3 is 1. The predicted octanol–water partition coefficient (Wildman–Crippen LogP) is 2.80. The summed E-state index contributed by atoms with van der Waals surface area (Å²) in [5.41, 5.74) is 2.58. The minimum absolute atomic E-state index is 0.0633. The Bertz CT molecular complexity index is 1230. The zero-order valence-electron chi connectivity index (χ0n) is 18.4. The van der Waals surface area contributed by atoms with Crippen molar-refractivity contribution >= 4 is 34.1 Å². The van der Waals surface area contributed by atoms with Crippen LogP contribution >= 0.6 is 0 Å². The highest BCUT2D eigenvalue weighted by atomic mass is 16.5. The van der Waals surface area contributed by atoms with Crippen molar-refractivity contribution in [3.8, 4) is 5.75 Å². The molecule has 1 aliphatic heterocycles. The number of nitrogens with one attached hydrogen (secondary N) is 1. The average molecular weight is 444 g/mol. The van der Waals surface area contributed by atoms with Crippen LogP contribution in [0, 0.1) is 0 Å². The number of aromatic nitrogens is 4. The third-order valence-corrected chi connectivity index (χ3v) is 5.78. The van der Waals surface area contributed by atoms with E-state index in [-0.39, 0.29) is 12.5 Å². The SMILES string of the molecule is COc1ccc(NC(=O)Cn2ncc3c(N4CCN(c5ccccc5)CC4)ncnc32)cc1. The van der Waals surface area contributed by atoms with Gasteiger partial charge in [-0.1, -0.05) is 18.2 Å². The number of ether oxygens (including phenoxy) is 1. The van der Waals surface area contributed by atoms with Gasteiger partial charge in [-0.2, -0.15) is 5.10 Å². The first-order valence-corrected chi connectivity index (χ1v) is 10.9. The van der Waals surface area contributed by atoms with E-state index < -0.39 is 0 Å². The van der Waals surface area contributed by atoms with Crippen LogP contribution in [-0.2, 0) is 11.3 Å². The van der Waals surface area contributed by atoms with Gasteiger partial charge in [0.15, 0.2) is 5.65 Å². The maximum absolute atomic E-state index is 12.6. The van der Waals surface area contributed by atoms with Gasteiger partial charge in [-0.15, -0.1) is 0 Å². The lowest BCUT2D eigenvalue weighted by Gasteiger charge is -2.36. The Labute approximate surface area is 191 Å². The van der Waals surface area contributed by atoms with E-state index in [0.717, 1.165) is 43.1 Å². The lowest BCUT2D eigenvalue weighted by molar-refractivity contribution is -0.116. The number of fused-ring (bicyclic) bond motifs is 1. The third kappa shape index (κ3) is 4.43. The molecule has 5 rings (SSSR count). The number of hydrogen-bond acceptors (Lipinski definition) is 7. The van der Waals surface area contributed by atoms with Crippen LogP contribution in [0.4, 0.5) is 17.2 Å². The number of amides is 1. The van der Waals surface area contributed by atoms with E-state index in [0.29, 0.717) is 11.3 Å². The number of para-hydroxylation sites is 1. The number of rotatable bonds is 6. The van der Waals surface area contributed by atoms with Gasteiger partial charge in [0.1, 0.15) is 24.4 Å². The minimum Gasteiger partial charge on any atom is -0.497 e. The summed E-state index contributed by atoms with van der Waals surface area (Å²) in [5.74, 6) is 1.41. The monoisotopic (exact) mass is 443 g/mol. The fraction of sp³-hybridized carbons (Fsp3) is 0.250. The van der Waals surface area contributed by atoms with E-state index in [4.69, 9.17) is 4.74 Å². The Kier molecular flexibility index (Phi) is 5.75. The number of piperazine rings is 1. The molecule has 3 heterocycles. The number of anilines is 3. The molecule has 0 spiro atoms. The maximum Gasteiger partial charge on any atom is 0.246 e. The molecule has 9 heteroatoms. The smallest absolute Gasteiger partial charge is 0.246 e. The van der Waals surface area contributed by atoms with Gasteiger partial charge in [0.05, 0.1) is 18.7 Å². The van der Waals surface area contributed by atoms with Crippen LogP contribution in [0.1, 0.15) is 0 Å². The maximum atomic E-state index is 12.6. The molecule has 0 saturated carbocycles. The van der Waals surface area contributed by atoms with E-state index in [1.807, 2.05) is 6.07 Å². The molecule has 2 aromatic heterocycles. The van der Waals surface area contributed by atoms with Gasteiger partial charge in [-0.3, -0.25) is 4.79 Å². The highest BCUT2D eigenvalue weighted by molar-refractivity contribution is 5.92. The number of nitrogens with zero attached hydrogens (tertiary/aromatic N) is 6. The molecule has 9 nitrogen and oxygen atoms in total. The highest BCUT2D eigenvalue weighted by Gasteiger charge is 2.22. The molecule has 1 N–H and O–H groups in total. The van der Waals surface area contributed by atoms with E-state index in [9.17, 15) is 4.79 Å². The zero-order chi connectivity index (χ0) is 22.6. The Balaban J connectivity index is 1.27. The van der Waals surface area contributed by atoms with Gasteiger partial charge in [-0.25, -0.2) is 14.6 Å². The number of carbonyl (C=O) groups excluding carboxylic acids is 1. The van der Waals surface area contributed by atoms with Gasteiger partial charge in [-0.05, 0) is 36.4 Å². The Morgan fingerprint density at radius 2 is 1.70 bits per heavy atom. The number of carbonyl (C=O) groups is 1. The van der Waals surface area contributed by atoms with Gasteiger partial charge >= 0.3 is 0 Å². The highest BCUT2D eigenvalue weighted by Crippen LogP contribution is 2.25. The molecule has 1 saturated heterocycles. The van der Waals surface area contributed by atoms with Crippen molar-refractivity contribution in [2.75, 3.05) is 48.4 Å². The van der Waals surface area contributed by atoms with Crippen LogP contribution < -0.4 is 19.9 Å². The molecule has 1 amide bonds. The molecule has 0 radical (unpaired) electrons. The van der Waals surface area contributed by atoms with Crippen molar-refractivity contribution in [3.05, 3.63) is 67.1 Å². The van der Waals surface area contributed by atoms with E-state index >= 15 is 0 Å². The van der Waals surface area contributed by atoms with E-state index in [2.05, 4.69) is 54.4 Å². The molecule has 33 heavy (non-hydrogen) atoms. The molecule has 2 aromatic carbocycles.